The van der Waals surface area contributed by atoms with Crippen molar-refractivity contribution >= 4 is 15.9 Å². The minimum Gasteiger partial charge on any atom is -0.486 e. The molecule has 1 aromatic carbocycles. The Bertz CT molecular complexity index is 584. The molecule has 0 bridgehead atoms. The summed E-state index contributed by atoms with van der Waals surface area (Å²) in [6, 6.07) is 9.54. The SMILES string of the molecule is CCNC(c1occc1Br)C1COc2ccccc2O1. The molecule has 0 radical (unpaired) electrons. The molecule has 0 spiro atoms. The highest BCUT2D eigenvalue weighted by molar-refractivity contribution is 9.10. The van der Waals surface area contributed by atoms with Crippen molar-refractivity contribution in [3.05, 3.63) is 46.8 Å². The maximum atomic E-state index is 6.06. The standard InChI is InChI=1S/C15H16BrNO3/c1-2-17-14(15-10(16)7-8-18-15)13-9-19-11-5-3-4-6-12(11)20-13/h3-8,13-14,17H,2,9H2,1H3. The number of rotatable bonds is 4. The van der Waals surface area contributed by atoms with Crippen LogP contribution < -0.4 is 14.8 Å². The van der Waals surface area contributed by atoms with Crippen molar-refractivity contribution in [2.24, 2.45) is 0 Å². The van der Waals surface area contributed by atoms with Gasteiger partial charge in [-0.3, -0.25) is 0 Å². The second kappa shape index (κ2) is 5.89. The summed E-state index contributed by atoms with van der Waals surface area (Å²) in [4.78, 5) is 0. The molecule has 0 saturated heterocycles. The smallest absolute Gasteiger partial charge is 0.161 e. The van der Waals surface area contributed by atoms with Gasteiger partial charge in [0.2, 0.25) is 0 Å². The summed E-state index contributed by atoms with van der Waals surface area (Å²) in [5.41, 5.74) is 0. The van der Waals surface area contributed by atoms with Crippen LogP contribution in [0, 0.1) is 0 Å². The summed E-state index contributed by atoms with van der Waals surface area (Å²) < 4.78 is 18.3. The molecule has 2 unspecified atom stereocenters. The van der Waals surface area contributed by atoms with E-state index < -0.39 is 0 Å². The first-order valence-electron chi connectivity index (χ1n) is 6.64. The number of hydrogen-bond acceptors (Lipinski definition) is 4. The fourth-order valence-electron chi connectivity index (χ4n) is 2.34. The van der Waals surface area contributed by atoms with E-state index in [0.29, 0.717) is 6.61 Å². The van der Waals surface area contributed by atoms with Gasteiger partial charge in [-0.25, -0.2) is 0 Å². The predicted octanol–water partition coefficient (Wildman–Crippen LogP) is 3.53. The number of hydrogen-bond donors (Lipinski definition) is 1. The molecule has 2 atom stereocenters. The van der Waals surface area contributed by atoms with Gasteiger partial charge in [0.05, 0.1) is 10.7 Å². The Morgan fingerprint density at radius 1 is 1.30 bits per heavy atom. The number of ether oxygens (including phenoxy) is 2. The number of likely N-dealkylation sites (N-methyl/N-ethyl adjacent to an activating group) is 1. The lowest BCUT2D eigenvalue weighted by Crippen LogP contribution is -2.41. The highest BCUT2D eigenvalue weighted by Gasteiger charge is 2.32. The number of nitrogens with one attached hydrogen (secondary N) is 1. The second-order valence-electron chi connectivity index (χ2n) is 4.58. The second-order valence-corrected chi connectivity index (χ2v) is 5.44. The minimum absolute atomic E-state index is 0.0577. The van der Waals surface area contributed by atoms with E-state index >= 15 is 0 Å². The third-order valence-electron chi connectivity index (χ3n) is 3.25. The average Bonchev–Trinajstić information content (AvgIpc) is 2.90. The van der Waals surface area contributed by atoms with Gasteiger partial charge >= 0.3 is 0 Å². The average molecular weight is 338 g/mol. The lowest BCUT2D eigenvalue weighted by Gasteiger charge is -2.31. The predicted molar refractivity (Wildman–Crippen MR) is 79.2 cm³/mol. The van der Waals surface area contributed by atoms with Crippen LogP contribution in [0.2, 0.25) is 0 Å². The normalized spacial score (nSPS) is 18.8. The summed E-state index contributed by atoms with van der Waals surface area (Å²) >= 11 is 3.51. The fraction of sp³-hybridized carbons (Fsp3) is 0.333. The molecule has 2 aromatic rings. The van der Waals surface area contributed by atoms with Gasteiger partial charge in [0.25, 0.3) is 0 Å². The number of para-hydroxylation sites is 2. The Balaban J connectivity index is 1.85. The maximum absolute atomic E-state index is 6.06. The molecule has 1 aromatic heterocycles. The first-order chi connectivity index (χ1) is 9.79. The summed E-state index contributed by atoms with van der Waals surface area (Å²) in [7, 11) is 0. The van der Waals surface area contributed by atoms with Crippen molar-refractivity contribution in [2.75, 3.05) is 13.2 Å². The van der Waals surface area contributed by atoms with Crippen LogP contribution in [0.15, 0.2) is 45.5 Å². The van der Waals surface area contributed by atoms with Crippen LogP contribution in [0.4, 0.5) is 0 Å². The van der Waals surface area contributed by atoms with Crippen molar-refractivity contribution in [2.45, 2.75) is 19.1 Å². The lowest BCUT2D eigenvalue weighted by atomic mass is 10.1. The number of benzene rings is 1. The van der Waals surface area contributed by atoms with Crippen LogP contribution in [-0.2, 0) is 0 Å². The fourth-order valence-corrected chi connectivity index (χ4v) is 2.79. The molecular weight excluding hydrogens is 322 g/mol. The zero-order valence-electron chi connectivity index (χ0n) is 11.1. The third kappa shape index (κ3) is 2.55. The van der Waals surface area contributed by atoms with Crippen molar-refractivity contribution in [1.29, 1.82) is 0 Å². The highest BCUT2D eigenvalue weighted by Crippen LogP contribution is 2.36. The Morgan fingerprint density at radius 2 is 2.10 bits per heavy atom. The monoisotopic (exact) mass is 337 g/mol. The zero-order chi connectivity index (χ0) is 13.9. The van der Waals surface area contributed by atoms with Gasteiger partial charge in [0.1, 0.15) is 18.4 Å². The zero-order valence-corrected chi connectivity index (χ0v) is 12.7. The molecule has 1 aliphatic rings. The van der Waals surface area contributed by atoms with E-state index in [9.17, 15) is 0 Å². The molecule has 0 aliphatic carbocycles. The lowest BCUT2D eigenvalue weighted by molar-refractivity contribution is 0.0557. The first kappa shape index (κ1) is 13.5. The number of fused-ring (bicyclic) bond motifs is 1. The Labute approximate surface area is 126 Å². The van der Waals surface area contributed by atoms with Gasteiger partial charge in [-0.15, -0.1) is 0 Å². The van der Waals surface area contributed by atoms with Gasteiger partial charge in [-0.2, -0.15) is 0 Å². The van der Waals surface area contributed by atoms with Crippen LogP contribution >= 0.6 is 15.9 Å². The Morgan fingerprint density at radius 3 is 2.80 bits per heavy atom. The molecule has 3 rings (SSSR count). The molecule has 106 valence electrons. The van der Waals surface area contributed by atoms with Crippen LogP contribution in [-0.4, -0.2) is 19.3 Å². The van der Waals surface area contributed by atoms with E-state index in [2.05, 4.69) is 28.2 Å². The van der Waals surface area contributed by atoms with E-state index in [0.717, 1.165) is 28.3 Å². The molecule has 2 heterocycles. The van der Waals surface area contributed by atoms with E-state index in [4.69, 9.17) is 13.9 Å². The summed E-state index contributed by atoms with van der Waals surface area (Å²) in [6.07, 6.45) is 1.54. The summed E-state index contributed by atoms with van der Waals surface area (Å²) in [6.45, 7) is 3.36. The van der Waals surface area contributed by atoms with Gasteiger partial charge in [-0.05, 0) is 40.7 Å². The van der Waals surface area contributed by atoms with Gasteiger partial charge < -0.3 is 19.2 Å². The molecule has 1 N–H and O–H groups in total. The highest BCUT2D eigenvalue weighted by atomic mass is 79.9. The van der Waals surface area contributed by atoms with Crippen LogP contribution in [0.5, 0.6) is 11.5 Å². The Hall–Kier alpha value is -1.46. The number of halogens is 1. The number of furan rings is 1. The van der Waals surface area contributed by atoms with Crippen molar-refractivity contribution < 1.29 is 13.9 Å². The molecule has 0 saturated carbocycles. The quantitative estimate of drug-likeness (QED) is 0.926. The molecule has 1 aliphatic heterocycles. The Kier molecular flexibility index (Phi) is 3.98. The van der Waals surface area contributed by atoms with Crippen LogP contribution in [0.25, 0.3) is 0 Å². The van der Waals surface area contributed by atoms with Crippen molar-refractivity contribution in [3.63, 3.8) is 0 Å². The van der Waals surface area contributed by atoms with Crippen LogP contribution in [0.3, 0.4) is 0 Å². The third-order valence-corrected chi connectivity index (χ3v) is 3.91. The summed E-state index contributed by atoms with van der Waals surface area (Å²) in [5, 5.41) is 3.40. The molecular formula is C15H16BrNO3. The molecule has 20 heavy (non-hydrogen) atoms. The van der Waals surface area contributed by atoms with Crippen molar-refractivity contribution in [3.8, 4) is 11.5 Å². The van der Waals surface area contributed by atoms with Crippen LogP contribution in [0.1, 0.15) is 18.7 Å². The summed E-state index contributed by atoms with van der Waals surface area (Å²) in [5.74, 6) is 2.40. The van der Waals surface area contributed by atoms with Crippen molar-refractivity contribution in [1.82, 2.24) is 5.32 Å². The van der Waals surface area contributed by atoms with Gasteiger partial charge in [0.15, 0.2) is 17.6 Å². The van der Waals surface area contributed by atoms with Gasteiger partial charge in [0, 0.05) is 0 Å². The van der Waals surface area contributed by atoms with E-state index in [1.54, 1.807) is 6.26 Å². The van der Waals surface area contributed by atoms with E-state index in [-0.39, 0.29) is 12.1 Å². The minimum atomic E-state index is -0.132. The molecule has 4 nitrogen and oxygen atoms in total. The largest absolute Gasteiger partial charge is 0.486 e. The maximum Gasteiger partial charge on any atom is 0.161 e. The van der Waals surface area contributed by atoms with Gasteiger partial charge in [-0.1, -0.05) is 19.1 Å². The molecule has 5 heteroatoms. The van der Waals surface area contributed by atoms with E-state index in [1.807, 2.05) is 30.3 Å². The molecule has 0 amide bonds. The first-order valence-corrected chi connectivity index (χ1v) is 7.43. The van der Waals surface area contributed by atoms with E-state index in [1.165, 1.54) is 0 Å². The molecule has 0 fully saturated rings. The topological polar surface area (TPSA) is 43.6 Å².